The molecule has 8 nitrogen and oxygen atoms in total. The van der Waals surface area contributed by atoms with Crippen molar-refractivity contribution in [2.45, 2.75) is 57.7 Å². The smallest absolute Gasteiger partial charge is 0.242 e. The predicted octanol–water partition coefficient (Wildman–Crippen LogP) is 1.41. The van der Waals surface area contributed by atoms with Gasteiger partial charge in [-0.05, 0) is 49.9 Å². The quantitative estimate of drug-likeness (QED) is 0.350. The summed E-state index contributed by atoms with van der Waals surface area (Å²) < 4.78 is 0. The Balaban J connectivity index is 1.84. The van der Waals surface area contributed by atoms with Crippen molar-refractivity contribution in [2.75, 3.05) is 6.54 Å². The van der Waals surface area contributed by atoms with Gasteiger partial charge in [0.2, 0.25) is 17.7 Å². The van der Waals surface area contributed by atoms with Crippen LogP contribution in [0, 0.1) is 0 Å². The Hall–Kier alpha value is -3.39. The van der Waals surface area contributed by atoms with E-state index >= 15 is 0 Å². The fraction of sp³-hybridized carbons (Fsp3) is 0.400. The number of nitrogens with two attached hydrogens (primary N) is 1. The Morgan fingerprint density at radius 3 is 2.15 bits per heavy atom. The minimum absolute atomic E-state index is 0.157. The Bertz CT molecular complexity index is 929. The number of hydrogen-bond donors (Lipinski definition) is 5. The summed E-state index contributed by atoms with van der Waals surface area (Å²) in [6, 6.07) is 14.6. The van der Waals surface area contributed by atoms with Gasteiger partial charge in [0.1, 0.15) is 11.8 Å². The zero-order valence-electron chi connectivity index (χ0n) is 19.4. The van der Waals surface area contributed by atoms with Gasteiger partial charge in [0.05, 0.1) is 6.04 Å². The average molecular weight is 455 g/mol. The highest BCUT2D eigenvalue weighted by Gasteiger charge is 2.25. The minimum Gasteiger partial charge on any atom is -0.508 e. The summed E-state index contributed by atoms with van der Waals surface area (Å²) in [5.41, 5.74) is 7.24. The van der Waals surface area contributed by atoms with Crippen molar-refractivity contribution in [3.05, 3.63) is 65.7 Å². The molecule has 178 valence electrons. The molecule has 2 aromatic rings. The van der Waals surface area contributed by atoms with Crippen molar-refractivity contribution in [3.8, 4) is 5.75 Å². The molecule has 0 bridgehead atoms. The van der Waals surface area contributed by atoms with E-state index in [2.05, 4.69) is 16.0 Å². The lowest BCUT2D eigenvalue weighted by atomic mass is 9.98. The summed E-state index contributed by atoms with van der Waals surface area (Å²) in [6.07, 6.45) is 1.21. The number of carbonyl (C=O) groups excluding carboxylic acids is 3. The number of aromatic hydroxyl groups is 1. The van der Waals surface area contributed by atoms with E-state index < -0.39 is 17.6 Å². The molecule has 0 radical (unpaired) electrons. The first kappa shape index (κ1) is 25.9. The van der Waals surface area contributed by atoms with Gasteiger partial charge in [-0.3, -0.25) is 14.4 Å². The van der Waals surface area contributed by atoms with Gasteiger partial charge in [0.15, 0.2) is 0 Å². The minimum atomic E-state index is -0.738. The third kappa shape index (κ3) is 9.33. The molecule has 6 N–H and O–H groups in total. The number of benzene rings is 2. The van der Waals surface area contributed by atoms with Crippen molar-refractivity contribution < 1.29 is 19.5 Å². The molecule has 8 heteroatoms. The Morgan fingerprint density at radius 2 is 1.55 bits per heavy atom. The molecule has 2 aromatic carbocycles. The van der Waals surface area contributed by atoms with Gasteiger partial charge >= 0.3 is 0 Å². The maximum atomic E-state index is 12.7. The molecule has 0 aliphatic heterocycles. The molecule has 0 heterocycles. The van der Waals surface area contributed by atoms with Crippen LogP contribution in [-0.4, -0.2) is 47.0 Å². The third-order valence-corrected chi connectivity index (χ3v) is 5.22. The topological polar surface area (TPSA) is 134 Å². The first-order chi connectivity index (χ1) is 15.6. The maximum Gasteiger partial charge on any atom is 0.242 e. The maximum absolute atomic E-state index is 12.7. The van der Waals surface area contributed by atoms with Crippen molar-refractivity contribution in [1.29, 1.82) is 0 Å². The van der Waals surface area contributed by atoms with E-state index in [1.807, 2.05) is 44.2 Å². The molecular formula is C25H34N4O4. The van der Waals surface area contributed by atoms with Gasteiger partial charge in [0, 0.05) is 25.4 Å². The van der Waals surface area contributed by atoms with Crippen LogP contribution in [-0.2, 0) is 27.2 Å². The lowest BCUT2D eigenvalue weighted by Gasteiger charge is -2.28. The number of carbonyl (C=O) groups is 3. The highest BCUT2D eigenvalue weighted by molar-refractivity contribution is 5.87. The molecular weight excluding hydrogens is 420 g/mol. The highest BCUT2D eigenvalue weighted by Crippen LogP contribution is 2.12. The largest absolute Gasteiger partial charge is 0.508 e. The molecule has 3 amide bonds. The molecule has 1 unspecified atom stereocenters. The zero-order valence-corrected chi connectivity index (χ0v) is 19.4. The zero-order chi connectivity index (χ0) is 24.4. The van der Waals surface area contributed by atoms with Crippen LogP contribution in [0.25, 0.3) is 0 Å². The number of amides is 3. The van der Waals surface area contributed by atoms with Crippen molar-refractivity contribution in [2.24, 2.45) is 5.73 Å². The number of hydrogen-bond acceptors (Lipinski definition) is 5. The van der Waals surface area contributed by atoms with Gasteiger partial charge in [-0.25, -0.2) is 0 Å². The molecule has 0 aromatic heterocycles. The summed E-state index contributed by atoms with van der Waals surface area (Å²) in [7, 11) is 0. The summed E-state index contributed by atoms with van der Waals surface area (Å²) >= 11 is 0. The normalized spacial score (nSPS) is 13.0. The lowest BCUT2D eigenvalue weighted by Crippen LogP contribution is -2.53. The summed E-state index contributed by atoms with van der Waals surface area (Å²) in [5.74, 6) is -0.689. The van der Waals surface area contributed by atoms with Gasteiger partial charge < -0.3 is 26.8 Å². The van der Waals surface area contributed by atoms with Gasteiger partial charge in [-0.1, -0.05) is 42.5 Å². The van der Waals surface area contributed by atoms with Crippen LogP contribution < -0.4 is 21.7 Å². The number of rotatable bonds is 11. The number of phenolic OH excluding ortho intramolecular Hbond substituents is 1. The van der Waals surface area contributed by atoms with Crippen LogP contribution in [0.2, 0.25) is 0 Å². The van der Waals surface area contributed by atoms with Gasteiger partial charge in [-0.15, -0.1) is 0 Å². The molecule has 0 saturated heterocycles. The van der Waals surface area contributed by atoms with Gasteiger partial charge in [0.25, 0.3) is 0 Å². The Labute approximate surface area is 195 Å². The van der Waals surface area contributed by atoms with Gasteiger partial charge in [-0.2, -0.15) is 0 Å². The number of phenols is 1. The SMILES string of the molecule is CC(=O)N[C@H](Cc1ccccc1)C(=O)NCCC(C)(C)NC(=O)C(N)Cc1ccc(O)cc1. The molecule has 33 heavy (non-hydrogen) atoms. The van der Waals surface area contributed by atoms with E-state index in [4.69, 9.17) is 5.73 Å². The fourth-order valence-corrected chi connectivity index (χ4v) is 3.39. The molecule has 0 aliphatic carbocycles. The first-order valence-corrected chi connectivity index (χ1v) is 11.0. The second-order valence-electron chi connectivity index (χ2n) is 8.83. The summed E-state index contributed by atoms with van der Waals surface area (Å²) in [5, 5.41) is 17.8. The monoisotopic (exact) mass is 454 g/mol. The van der Waals surface area contributed by atoms with Crippen molar-refractivity contribution in [1.82, 2.24) is 16.0 Å². The van der Waals surface area contributed by atoms with E-state index in [1.165, 1.54) is 6.92 Å². The van der Waals surface area contributed by atoms with E-state index in [9.17, 15) is 19.5 Å². The first-order valence-electron chi connectivity index (χ1n) is 11.0. The predicted molar refractivity (Wildman–Crippen MR) is 127 cm³/mol. The summed E-state index contributed by atoms with van der Waals surface area (Å²) in [4.78, 5) is 36.8. The van der Waals surface area contributed by atoms with Crippen LogP contribution in [0.4, 0.5) is 0 Å². The van der Waals surface area contributed by atoms with Crippen LogP contribution >= 0.6 is 0 Å². The second-order valence-corrected chi connectivity index (χ2v) is 8.83. The van der Waals surface area contributed by atoms with E-state index in [0.29, 0.717) is 25.8 Å². The molecule has 0 aliphatic rings. The Kier molecular flexibility index (Phi) is 9.42. The third-order valence-electron chi connectivity index (χ3n) is 5.22. The Morgan fingerprint density at radius 1 is 0.939 bits per heavy atom. The van der Waals surface area contributed by atoms with Crippen molar-refractivity contribution in [3.63, 3.8) is 0 Å². The van der Waals surface area contributed by atoms with Crippen LogP contribution in [0.3, 0.4) is 0 Å². The van der Waals surface area contributed by atoms with E-state index in [0.717, 1.165) is 11.1 Å². The standard InChI is InChI=1S/C25H34N4O4/c1-17(30)28-22(16-18-7-5-4-6-8-18)24(33)27-14-13-25(2,3)29-23(32)21(26)15-19-9-11-20(31)12-10-19/h4-12,21-22,31H,13-16,26H2,1-3H3,(H,27,33)(H,28,30)(H,29,32)/t21?,22-/m1/s1. The van der Waals surface area contributed by atoms with E-state index in [-0.39, 0.29) is 23.5 Å². The molecule has 2 rings (SSSR count). The van der Waals surface area contributed by atoms with Crippen LogP contribution in [0.1, 0.15) is 38.3 Å². The molecule has 0 fully saturated rings. The lowest BCUT2D eigenvalue weighted by molar-refractivity contribution is -0.128. The molecule has 0 spiro atoms. The number of nitrogens with one attached hydrogen (secondary N) is 3. The van der Waals surface area contributed by atoms with E-state index in [1.54, 1.807) is 24.3 Å². The van der Waals surface area contributed by atoms with Crippen LogP contribution in [0.15, 0.2) is 54.6 Å². The highest BCUT2D eigenvalue weighted by atomic mass is 16.3. The fourth-order valence-electron chi connectivity index (χ4n) is 3.39. The van der Waals surface area contributed by atoms with Crippen LogP contribution in [0.5, 0.6) is 5.75 Å². The summed E-state index contributed by atoms with van der Waals surface area (Å²) in [6.45, 7) is 5.43. The van der Waals surface area contributed by atoms with Crippen molar-refractivity contribution >= 4 is 17.7 Å². The molecule has 0 saturated carbocycles. The second kappa shape index (κ2) is 12.0. The molecule has 2 atom stereocenters. The average Bonchev–Trinajstić information content (AvgIpc) is 2.74.